The van der Waals surface area contributed by atoms with Crippen molar-refractivity contribution in [1.29, 1.82) is 0 Å². The topological polar surface area (TPSA) is 26.0 Å². The minimum Gasteiger partial charge on any atom is -0.454 e. The van der Waals surface area contributed by atoms with E-state index < -0.39 is 0 Å². The summed E-state index contributed by atoms with van der Waals surface area (Å²) in [5.41, 5.74) is 8.47. The van der Waals surface area contributed by atoms with Gasteiger partial charge in [0.25, 0.3) is 0 Å². The van der Waals surface area contributed by atoms with E-state index in [-0.39, 0.29) is 0 Å². The number of hydrogen-bond acceptors (Lipinski definition) is 3. The van der Waals surface area contributed by atoms with Crippen LogP contribution in [0.4, 0.5) is 0 Å². The second kappa shape index (κ2) is 11.3. The average Bonchev–Trinajstić information content (AvgIpc) is 3.80. The molecule has 0 amide bonds. The first-order chi connectivity index (χ1) is 26.8. The highest BCUT2D eigenvalue weighted by molar-refractivity contribution is 7.25. The zero-order valence-electron chi connectivity index (χ0n) is 29.0. The number of furan rings is 1. The summed E-state index contributed by atoms with van der Waals surface area (Å²) in [4.78, 5) is 6.48. The number of fused-ring (bicyclic) bond motifs is 11. The molecule has 0 bridgehead atoms. The summed E-state index contributed by atoms with van der Waals surface area (Å²) in [6.07, 6.45) is 0. The Hall–Kier alpha value is -6.81. The maximum atomic E-state index is 6.79. The van der Waals surface area contributed by atoms with Crippen LogP contribution in [0.5, 0.6) is 0 Å². The van der Waals surface area contributed by atoms with Gasteiger partial charge in [-0.05, 0) is 95.7 Å². The highest BCUT2D eigenvalue weighted by atomic mass is 32.1. The molecular weight excluding hydrogens is 675 g/mol. The van der Waals surface area contributed by atoms with Crippen molar-refractivity contribution in [3.05, 3.63) is 176 Å². The number of para-hydroxylation sites is 1. The van der Waals surface area contributed by atoms with Crippen molar-refractivity contribution in [1.82, 2.24) is 4.98 Å². The van der Waals surface area contributed by atoms with Crippen molar-refractivity contribution in [2.75, 3.05) is 0 Å². The van der Waals surface area contributed by atoms with E-state index in [1.54, 1.807) is 11.3 Å². The molecule has 2 nitrogen and oxygen atoms in total. The second-order valence-electron chi connectivity index (χ2n) is 14.2. The Balaban J connectivity index is 1.22. The summed E-state index contributed by atoms with van der Waals surface area (Å²) < 4.78 is 8.01. The monoisotopic (exact) mass is 703 g/mol. The third kappa shape index (κ3) is 4.30. The van der Waals surface area contributed by atoms with Crippen LogP contribution in [0.3, 0.4) is 0 Å². The standard InChI is InChI=1S/C51H29NOS/c1-3-13-32-27-34(23-21-30(32)11-1)45-37-15-5-6-16-38(37)46(35-24-22-31-12-2-4-14-33(31)28-35)42-29-36(25-26-39(42)45)49-50-47(40-17-7-9-19-43(40)53-50)48-41-18-8-10-20-44(41)54-51(48)52-49/h1-29H. The van der Waals surface area contributed by atoms with Crippen LogP contribution in [0.25, 0.3) is 119 Å². The van der Waals surface area contributed by atoms with Gasteiger partial charge in [0.1, 0.15) is 16.1 Å². The summed E-state index contributed by atoms with van der Waals surface area (Å²) in [6.45, 7) is 0. The summed E-state index contributed by atoms with van der Waals surface area (Å²) in [7, 11) is 0. The second-order valence-corrected chi connectivity index (χ2v) is 15.3. The molecule has 0 fully saturated rings. The molecule has 0 aliphatic heterocycles. The van der Waals surface area contributed by atoms with Gasteiger partial charge in [-0.3, -0.25) is 0 Å². The summed E-state index contributed by atoms with van der Waals surface area (Å²) in [5.74, 6) is 0. The molecular formula is C51H29NOS. The van der Waals surface area contributed by atoms with E-state index in [1.165, 1.54) is 80.8 Å². The first kappa shape index (κ1) is 29.7. The minimum absolute atomic E-state index is 0.828. The molecule has 0 aliphatic carbocycles. The van der Waals surface area contributed by atoms with Crippen LogP contribution < -0.4 is 0 Å². The lowest BCUT2D eigenvalue weighted by atomic mass is 9.84. The average molecular weight is 704 g/mol. The predicted octanol–water partition coefficient (Wildman–Crippen LogP) is 15.0. The van der Waals surface area contributed by atoms with Crippen LogP contribution in [0.2, 0.25) is 0 Å². The molecule has 0 N–H and O–H groups in total. The molecule has 0 atom stereocenters. The quantitative estimate of drug-likeness (QED) is 0.171. The first-order valence-electron chi connectivity index (χ1n) is 18.4. The van der Waals surface area contributed by atoms with Gasteiger partial charge < -0.3 is 4.42 Å². The molecule has 3 aromatic heterocycles. The van der Waals surface area contributed by atoms with Gasteiger partial charge in [0, 0.05) is 31.8 Å². The fourth-order valence-electron chi connectivity index (χ4n) is 8.80. The molecule has 0 saturated heterocycles. The number of benzene rings is 9. The van der Waals surface area contributed by atoms with E-state index >= 15 is 0 Å². The molecule has 3 heteroatoms. The highest BCUT2D eigenvalue weighted by Crippen LogP contribution is 2.48. The minimum atomic E-state index is 0.828. The molecule has 54 heavy (non-hydrogen) atoms. The van der Waals surface area contributed by atoms with Crippen molar-refractivity contribution in [3.63, 3.8) is 0 Å². The maximum absolute atomic E-state index is 6.79. The zero-order valence-corrected chi connectivity index (χ0v) is 29.8. The number of hydrogen-bond donors (Lipinski definition) is 0. The molecule has 0 spiro atoms. The number of aromatic nitrogens is 1. The van der Waals surface area contributed by atoms with Crippen molar-refractivity contribution >= 4 is 96.7 Å². The molecule has 0 unspecified atom stereocenters. The fourth-order valence-corrected chi connectivity index (χ4v) is 9.88. The van der Waals surface area contributed by atoms with Crippen molar-refractivity contribution < 1.29 is 4.42 Å². The Morgan fingerprint density at radius 1 is 0.389 bits per heavy atom. The molecule has 3 heterocycles. The van der Waals surface area contributed by atoms with Gasteiger partial charge >= 0.3 is 0 Å². The van der Waals surface area contributed by atoms with Gasteiger partial charge in [-0.2, -0.15) is 0 Å². The normalized spacial score (nSPS) is 12.1. The van der Waals surface area contributed by atoms with Gasteiger partial charge in [0.2, 0.25) is 0 Å². The van der Waals surface area contributed by atoms with Crippen molar-refractivity contribution in [2.45, 2.75) is 0 Å². The lowest BCUT2D eigenvalue weighted by Gasteiger charge is -2.19. The Bertz CT molecular complexity index is 3510. The Kier molecular flexibility index (Phi) is 6.25. The van der Waals surface area contributed by atoms with Gasteiger partial charge in [-0.1, -0.05) is 146 Å². The lowest BCUT2D eigenvalue weighted by molar-refractivity contribution is 0.669. The van der Waals surface area contributed by atoms with Gasteiger partial charge in [0.15, 0.2) is 5.58 Å². The summed E-state index contributed by atoms with van der Waals surface area (Å²) in [6, 6.07) is 63.9. The SMILES string of the molecule is c1ccc2cc(-c3c4ccccc4c(-c4ccc5ccccc5c4)c4cc(-c5nc6sc7ccccc7c6c6c5oc5ccccc56)ccc34)ccc2c1. The molecule has 12 aromatic rings. The summed E-state index contributed by atoms with van der Waals surface area (Å²) in [5, 5.41) is 14.4. The van der Waals surface area contributed by atoms with Crippen molar-refractivity contribution in [2.24, 2.45) is 0 Å². The van der Waals surface area contributed by atoms with Crippen LogP contribution in [0.1, 0.15) is 0 Å². The van der Waals surface area contributed by atoms with Gasteiger partial charge in [-0.25, -0.2) is 4.98 Å². The van der Waals surface area contributed by atoms with Crippen LogP contribution in [-0.2, 0) is 0 Å². The van der Waals surface area contributed by atoms with E-state index in [4.69, 9.17) is 9.40 Å². The van der Waals surface area contributed by atoms with Crippen LogP contribution >= 0.6 is 11.3 Å². The Morgan fingerprint density at radius 2 is 0.926 bits per heavy atom. The van der Waals surface area contributed by atoms with Crippen LogP contribution in [0.15, 0.2) is 180 Å². The third-order valence-electron chi connectivity index (χ3n) is 11.2. The van der Waals surface area contributed by atoms with E-state index in [2.05, 4.69) is 170 Å². The number of nitrogens with zero attached hydrogens (tertiary/aromatic N) is 1. The smallest absolute Gasteiger partial charge is 0.162 e. The molecule has 0 aliphatic rings. The molecule has 9 aromatic carbocycles. The van der Waals surface area contributed by atoms with Gasteiger partial charge in [0.05, 0.1) is 0 Å². The highest BCUT2D eigenvalue weighted by Gasteiger charge is 2.23. The van der Waals surface area contributed by atoms with E-state index in [0.717, 1.165) is 38.0 Å². The Morgan fingerprint density at radius 3 is 1.63 bits per heavy atom. The largest absolute Gasteiger partial charge is 0.454 e. The van der Waals surface area contributed by atoms with Gasteiger partial charge in [-0.15, -0.1) is 11.3 Å². The number of thiophene rings is 1. The van der Waals surface area contributed by atoms with Crippen LogP contribution in [-0.4, -0.2) is 4.98 Å². The van der Waals surface area contributed by atoms with E-state index in [9.17, 15) is 0 Å². The molecule has 12 rings (SSSR count). The zero-order chi connectivity index (χ0) is 35.3. The van der Waals surface area contributed by atoms with E-state index in [1.807, 2.05) is 6.07 Å². The number of pyridine rings is 1. The fraction of sp³-hybridized carbons (Fsp3) is 0. The maximum Gasteiger partial charge on any atom is 0.162 e. The summed E-state index contributed by atoms with van der Waals surface area (Å²) >= 11 is 1.75. The lowest BCUT2D eigenvalue weighted by Crippen LogP contribution is -1.93. The van der Waals surface area contributed by atoms with E-state index in [0.29, 0.717) is 0 Å². The molecule has 250 valence electrons. The molecule has 0 saturated carbocycles. The third-order valence-corrected chi connectivity index (χ3v) is 12.3. The number of rotatable bonds is 3. The Labute approximate surface area is 314 Å². The van der Waals surface area contributed by atoms with Crippen LogP contribution in [0, 0.1) is 0 Å². The van der Waals surface area contributed by atoms with Crippen molar-refractivity contribution in [3.8, 4) is 33.5 Å². The molecule has 0 radical (unpaired) electrons. The predicted molar refractivity (Wildman–Crippen MR) is 231 cm³/mol. The first-order valence-corrected chi connectivity index (χ1v) is 19.2.